The van der Waals surface area contributed by atoms with Gasteiger partial charge in [-0.1, -0.05) is 6.07 Å². The number of aryl methyl sites for hydroxylation is 2. The minimum atomic E-state index is -0.0906. The molecule has 1 N–H and O–H groups in total. The second-order valence-electron chi connectivity index (χ2n) is 4.36. The molecule has 0 fully saturated rings. The number of benzene rings is 1. The van der Waals surface area contributed by atoms with E-state index < -0.39 is 0 Å². The molecular weight excluding hydrogens is 288 g/mol. The number of amides is 1. The van der Waals surface area contributed by atoms with Crippen molar-refractivity contribution in [2.45, 2.75) is 18.7 Å². The van der Waals surface area contributed by atoms with E-state index in [2.05, 4.69) is 37.4 Å². The number of nitrogens with one attached hydrogen (secondary N) is 1. The van der Waals surface area contributed by atoms with Crippen LogP contribution in [0.5, 0.6) is 0 Å². The SMILES string of the molecule is Cc1ccc(SCC(=O)Nc2sccc2C#N)cc1C. The van der Waals surface area contributed by atoms with Gasteiger partial charge in [0.2, 0.25) is 5.91 Å². The number of thiophene rings is 1. The zero-order valence-corrected chi connectivity index (χ0v) is 12.9. The largest absolute Gasteiger partial charge is 0.316 e. The van der Waals surface area contributed by atoms with Crippen LogP contribution in [0.15, 0.2) is 34.5 Å². The van der Waals surface area contributed by atoms with Gasteiger partial charge < -0.3 is 5.32 Å². The molecule has 0 atom stereocenters. The summed E-state index contributed by atoms with van der Waals surface area (Å²) in [4.78, 5) is 12.9. The number of thioether (sulfide) groups is 1. The lowest BCUT2D eigenvalue weighted by Crippen LogP contribution is -2.13. The maximum absolute atomic E-state index is 11.9. The Morgan fingerprint density at radius 2 is 2.15 bits per heavy atom. The van der Waals surface area contributed by atoms with Crippen LogP contribution in [0.25, 0.3) is 0 Å². The van der Waals surface area contributed by atoms with Gasteiger partial charge in [-0.3, -0.25) is 4.79 Å². The molecule has 0 bridgehead atoms. The van der Waals surface area contributed by atoms with Crippen LogP contribution in [0.4, 0.5) is 5.00 Å². The van der Waals surface area contributed by atoms with Gasteiger partial charge in [0.1, 0.15) is 11.1 Å². The van der Waals surface area contributed by atoms with Crippen LogP contribution in [-0.2, 0) is 4.79 Å². The molecule has 0 radical (unpaired) electrons. The van der Waals surface area contributed by atoms with Crippen LogP contribution >= 0.6 is 23.1 Å². The Balaban J connectivity index is 1.92. The third-order valence-electron chi connectivity index (χ3n) is 2.89. The summed E-state index contributed by atoms with van der Waals surface area (Å²) in [5, 5.41) is 14.1. The Kier molecular flexibility index (Phi) is 4.83. The lowest BCUT2D eigenvalue weighted by Gasteiger charge is -2.05. The van der Waals surface area contributed by atoms with Gasteiger partial charge in [0.25, 0.3) is 0 Å². The van der Waals surface area contributed by atoms with Crippen molar-refractivity contribution in [3.8, 4) is 6.07 Å². The molecule has 0 aliphatic rings. The molecule has 2 rings (SSSR count). The summed E-state index contributed by atoms with van der Waals surface area (Å²) in [5.41, 5.74) is 2.98. The number of carbonyl (C=O) groups excluding carboxylic acids is 1. The van der Waals surface area contributed by atoms with Crippen molar-refractivity contribution in [1.29, 1.82) is 5.26 Å². The van der Waals surface area contributed by atoms with E-state index in [0.717, 1.165) is 4.90 Å². The molecular formula is C15H14N2OS2. The Bertz CT molecular complexity index is 671. The highest BCUT2D eigenvalue weighted by atomic mass is 32.2. The number of hydrogen-bond donors (Lipinski definition) is 1. The maximum Gasteiger partial charge on any atom is 0.235 e. The molecule has 0 aliphatic carbocycles. The fourth-order valence-corrected chi connectivity index (χ4v) is 3.16. The van der Waals surface area contributed by atoms with E-state index in [9.17, 15) is 4.79 Å². The highest BCUT2D eigenvalue weighted by Crippen LogP contribution is 2.24. The third-order valence-corrected chi connectivity index (χ3v) is 4.71. The topological polar surface area (TPSA) is 52.9 Å². The van der Waals surface area contributed by atoms with Gasteiger partial charge in [-0.15, -0.1) is 23.1 Å². The first-order chi connectivity index (χ1) is 9.60. The highest BCUT2D eigenvalue weighted by molar-refractivity contribution is 8.00. The fraction of sp³-hybridized carbons (Fsp3) is 0.200. The van der Waals surface area contributed by atoms with Crippen molar-refractivity contribution in [3.05, 3.63) is 46.3 Å². The van der Waals surface area contributed by atoms with Gasteiger partial charge in [-0.25, -0.2) is 0 Å². The van der Waals surface area contributed by atoms with Crippen molar-refractivity contribution in [3.63, 3.8) is 0 Å². The van der Waals surface area contributed by atoms with Gasteiger partial charge in [-0.05, 0) is 48.6 Å². The summed E-state index contributed by atoms with van der Waals surface area (Å²) in [5.74, 6) is 0.248. The number of anilines is 1. The summed E-state index contributed by atoms with van der Waals surface area (Å²) in [6, 6.07) is 9.92. The lowest BCUT2D eigenvalue weighted by atomic mass is 10.1. The van der Waals surface area contributed by atoms with E-state index in [0.29, 0.717) is 16.3 Å². The van der Waals surface area contributed by atoms with E-state index in [-0.39, 0.29) is 5.91 Å². The van der Waals surface area contributed by atoms with Crippen LogP contribution in [0, 0.1) is 25.2 Å². The minimum Gasteiger partial charge on any atom is -0.316 e. The monoisotopic (exact) mass is 302 g/mol. The van der Waals surface area contributed by atoms with Crippen molar-refractivity contribution < 1.29 is 4.79 Å². The maximum atomic E-state index is 11.9. The molecule has 1 aromatic heterocycles. The number of hydrogen-bond acceptors (Lipinski definition) is 4. The molecule has 0 spiro atoms. The van der Waals surface area contributed by atoms with Gasteiger partial charge in [0, 0.05) is 4.90 Å². The standard InChI is InChI=1S/C15H14N2OS2/c1-10-3-4-13(7-11(10)2)20-9-14(18)17-15-12(8-16)5-6-19-15/h3-7H,9H2,1-2H3,(H,17,18). The molecule has 0 saturated heterocycles. The Labute approximate surface area is 126 Å². The van der Waals surface area contributed by atoms with Crippen LogP contribution in [0.3, 0.4) is 0 Å². The summed E-state index contributed by atoms with van der Waals surface area (Å²) >= 11 is 2.86. The number of nitriles is 1. The smallest absolute Gasteiger partial charge is 0.235 e. The Morgan fingerprint density at radius 3 is 2.85 bits per heavy atom. The van der Waals surface area contributed by atoms with E-state index in [1.807, 2.05) is 6.07 Å². The molecule has 102 valence electrons. The quantitative estimate of drug-likeness (QED) is 0.870. The molecule has 1 heterocycles. The molecule has 3 nitrogen and oxygen atoms in total. The molecule has 1 amide bonds. The zero-order valence-electron chi connectivity index (χ0n) is 11.3. The van der Waals surface area contributed by atoms with Gasteiger partial charge >= 0.3 is 0 Å². The van der Waals surface area contributed by atoms with Crippen molar-refractivity contribution >= 4 is 34.0 Å². The fourth-order valence-electron chi connectivity index (χ4n) is 1.61. The van der Waals surface area contributed by atoms with E-state index in [1.165, 1.54) is 34.2 Å². The normalized spacial score (nSPS) is 10.1. The molecule has 0 aliphatic heterocycles. The number of carbonyl (C=O) groups is 1. The van der Waals surface area contributed by atoms with Crippen molar-refractivity contribution in [2.24, 2.45) is 0 Å². The van der Waals surface area contributed by atoms with Crippen LogP contribution in [0.1, 0.15) is 16.7 Å². The molecule has 2 aromatic rings. The summed E-state index contributed by atoms with van der Waals surface area (Å²) in [6.07, 6.45) is 0. The summed E-state index contributed by atoms with van der Waals surface area (Å²) in [6.45, 7) is 4.13. The first-order valence-corrected chi connectivity index (χ1v) is 7.94. The van der Waals surface area contributed by atoms with Gasteiger partial charge in [-0.2, -0.15) is 5.26 Å². The predicted octanol–water partition coefficient (Wildman–Crippen LogP) is 3.97. The molecule has 1 aromatic carbocycles. The number of rotatable bonds is 4. The van der Waals surface area contributed by atoms with Crippen LogP contribution in [-0.4, -0.2) is 11.7 Å². The van der Waals surface area contributed by atoms with Crippen LogP contribution < -0.4 is 5.32 Å². The second kappa shape index (κ2) is 6.60. The lowest BCUT2D eigenvalue weighted by molar-refractivity contribution is -0.113. The molecule has 5 heteroatoms. The van der Waals surface area contributed by atoms with E-state index >= 15 is 0 Å². The first-order valence-electron chi connectivity index (χ1n) is 6.07. The van der Waals surface area contributed by atoms with Crippen molar-refractivity contribution in [2.75, 3.05) is 11.1 Å². The number of nitrogens with zero attached hydrogens (tertiary/aromatic N) is 1. The Morgan fingerprint density at radius 1 is 1.35 bits per heavy atom. The minimum absolute atomic E-state index is 0.0906. The van der Waals surface area contributed by atoms with Gasteiger partial charge in [0.15, 0.2) is 0 Å². The van der Waals surface area contributed by atoms with Crippen molar-refractivity contribution in [1.82, 2.24) is 0 Å². The zero-order chi connectivity index (χ0) is 14.5. The van der Waals surface area contributed by atoms with Crippen LogP contribution in [0.2, 0.25) is 0 Å². The second-order valence-corrected chi connectivity index (χ2v) is 6.32. The van der Waals surface area contributed by atoms with Gasteiger partial charge in [0.05, 0.1) is 11.3 Å². The average Bonchev–Trinajstić information content (AvgIpc) is 2.87. The van der Waals surface area contributed by atoms with E-state index in [4.69, 9.17) is 5.26 Å². The summed E-state index contributed by atoms with van der Waals surface area (Å²) in [7, 11) is 0. The third kappa shape index (κ3) is 3.62. The molecule has 0 unspecified atom stereocenters. The molecule has 0 saturated carbocycles. The first kappa shape index (κ1) is 14.6. The molecule has 20 heavy (non-hydrogen) atoms. The predicted molar refractivity (Wildman–Crippen MR) is 84.3 cm³/mol. The average molecular weight is 302 g/mol. The Hall–Kier alpha value is -1.77. The van der Waals surface area contributed by atoms with E-state index in [1.54, 1.807) is 11.4 Å². The summed E-state index contributed by atoms with van der Waals surface area (Å²) < 4.78 is 0. The highest BCUT2D eigenvalue weighted by Gasteiger charge is 2.08.